The summed E-state index contributed by atoms with van der Waals surface area (Å²) in [5.41, 5.74) is 3.53. The van der Waals surface area contributed by atoms with E-state index < -0.39 is 0 Å². The van der Waals surface area contributed by atoms with Gasteiger partial charge >= 0.3 is 0 Å². The van der Waals surface area contributed by atoms with Crippen LogP contribution in [0.15, 0.2) is 48.5 Å². The quantitative estimate of drug-likeness (QED) is 0.431. The largest absolute Gasteiger partial charge is 0.352 e. The number of carbonyl (C=O) groups is 2. The molecule has 0 bridgehead atoms. The van der Waals surface area contributed by atoms with E-state index in [0.29, 0.717) is 11.5 Å². The summed E-state index contributed by atoms with van der Waals surface area (Å²) in [6.45, 7) is 1.58. The van der Waals surface area contributed by atoms with Gasteiger partial charge in [0.15, 0.2) is 5.78 Å². The van der Waals surface area contributed by atoms with Gasteiger partial charge in [-0.2, -0.15) is 0 Å². The first-order chi connectivity index (χ1) is 16.6. The van der Waals surface area contributed by atoms with Gasteiger partial charge in [0.2, 0.25) is 5.91 Å². The Kier molecular flexibility index (Phi) is 6.80. The molecular weight excluding hydrogens is 422 g/mol. The fraction of sp³-hybridized carbons (Fsp3) is 0.483. The van der Waals surface area contributed by atoms with E-state index in [0.717, 1.165) is 48.1 Å². The molecule has 2 aliphatic carbocycles. The number of nitrogens with one attached hydrogen (secondary N) is 1. The molecule has 2 aromatic carbocycles. The highest BCUT2D eigenvalue weighted by Crippen LogP contribution is 2.38. The van der Waals surface area contributed by atoms with Crippen molar-refractivity contribution >= 4 is 22.7 Å². The van der Waals surface area contributed by atoms with Gasteiger partial charge < -0.3 is 9.88 Å². The Labute approximate surface area is 202 Å². The Morgan fingerprint density at radius 2 is 1.53 bits per heavy atom. The Balaban J connectivity index is 1.60. The molecule has 0 spiro atoms. The van der Waals surface area contributed by atoms with Crippen LogP contribution in [0.25, 0.3) is 22.4 Å². The fourth-order valence-corrected chi connectivity index (χ4v) is 5.91. The molecule has 5 nitrogen and oxygen atoms in total. The number of hydrogen-bond acceptors (Lipinski definition) is 3. The third kappa shape index (κ3) is 4.66. The second-order valence-corrected chi connectivity index (χ2v) is 10.1. The summed E-state index contributed by atoms with van der Waals surface area (Å²) in [4.78, 5) is 30.8. The van der Waals surface area contributed by atoms with E-state index in [-0.39, 0.29) is 23.8 Å². The van der Waals surface area contributed by atoms with Crippen molar-refractivity contribution in [2.45, 2.75) is 83.2 Å². The number of rotatable bonds is 6. The average Bonchev–Trinajstić information content (AvgIpc) is 3.25. The Bertz CT molecular complexity index is 1150. The van der Waals surface area contributed by atoms with Gasteiger partial charge in [-0.3, -0.25) is 9.59 Å². The Hall–Kier alpha value is -2.95. The number of Topliss-reactive ketones (excluding diaryl/α,β-unsaturated/α-hetero) is 1. The van der Waals surface area contributed by atoms with Crippen LogP contribution in [0.1, 0.15) is 87.5 Å². The molecule has 3 aromatic rings. The average molecular weight is 458 g/mol. The first-order valence-corrected chi connectivity index (χ1v) is 13.0. The van der Waals surface area contributed by atoms with Crippen LogP contribution in [-0.4, -0.2) is 27.3 Å². The number of amides is 1. The highest BCUT2D eigenvalue weighted by Gasteiger charge is 2.35. The minimum absolute atomic E-state index is 0.0481. The SMILES string of the molecule is CC(=O)c1ccc(-c2nc3ccccc3n2C(C(=O)NC2CCCCC2)C2CCCCC2)cc1. The zero-order chi connectivity index (χ0) is 23.5. The molecule has 0 saturated heterocycles. The van der Waals surface area contributed by atoms with E-state index in [1.54, 1.807) is 6.92 Å². The zero-order valence-electron chi connectivity index (χ0n) is 20.1. The molecule has 2 saturated carbocycles. The zero-order valence-corrected chi connectivity index (χ0v) is 20.1. The number of hydrogen-bond donors (Lipinski definition) is 1. The van der Waals surface area contributed by atoms with Crippen molar-refractivity contribution in [3.63, 3.8) is 0 Å². The highest BCUT2D eigenvalue weighted by molar-refractivity contribution is 5.94. The number of ketones is 1. The molecule has 1 heterocycles. The van der Waals surface area contributed by atoms with E-state index >= 15 is 0 Å². The number of benzene rings is 2. The molecule has 1 atom stereocenters. The Morgan fingerprint density at radius 3 is 2.21 bits per heavy atom. The highest BCUT2D eigenvalue weighted by atomic mass is 16.2. The van der Waals surface area contributed by atoms with Crippen LogP contribution in [0.4, 0.5) is 0 Å². The molecule has 5 rings (SSSR count). The van der Waals surface area contributed by atoms with Crippen LogP contribution in [0.2, 0.25) is 0 Å². The van der Waals surface area contributed by atoms with Crippen molar-refractivity contribution in [1.29, 1.82) is 0 Å². The molecule has 0 radical (unpaired) electrons. The van der Waals surface area contributed by atoms with Crippen LogP contribution < -0.4 is 5.32 Å². The summed E-state index contributed by atoms with van der Waals surface area (Å²) < 4.78 is 2.20. The van der Waals surface area contributed by atoms with Gasteiger partial charge in [-0.25, -0.2) is 4.98 Å². The lowest BCUT2D eigenvalue weighted by Gasteiger charge is -2.33. The maximum Gasteiger partial charge on any atom is 0.243 e. The van der Waals surface area contributed by atoms with Crippen molar-refractivity contribution in [3.8, 4) is 11.4 Å². The summed E-state index contributed by atoms with van der Waals surface area (Å²) in [6, 6.07) is 15.8. The lowest BCUT2D eigenvalue weighted by molar-refractivity contribution is -0.127. The minimum atomic E-state index is -0.280. The van der Waals surface area contributed by atoms with E-state index in [4.69, 9.17) is 4.98 Å². The monoisotopic (exact) mass is 457 g/mol. The summed E-state index contributed by atoms with van der Waals surface area (Å²) >= 11 is 0. The van der Waals surface area contributed by atoms with Gasteiger partial charge in [0.1, 0.15) is 11.9 Å². The summed E-state index contributed by atoms with van der Waals surface area (Å²) in [6.07, 6.45) is 11.5. The molecular formula is C29H35N3O2. The molecule has 2 fully saturated rings. The van der Waals surface area contributed by atoms with Crippen LogP contribution in [0, 0.1) is 5.92 Å². The molecule has 1 amide bonds. The van der Waals surface area contributed by atoms with E-state index in [9.17, 15) is 9.59 Å². The van der Waals surface area contributed by atoms with Gasteiger partial charge in [-0.05, 0) is 50.7 Å². The summed E-state index contributed by atoms with van der Waals surface area (Å²) in [5.74, 6) is 1.30. The smallest absolute Gasteiger partial charge is 0.243 e. The molecule has 5 heteroatoms. The normalized spacial score (nSPS) is 18.6. The molecule has 0 aliphatic heterocycles. The van der Waals surface area contributed by atoms with E-state index in [2.05, 4.69) is 16.0 Å². The number of para-hydroxylation sites is 2. The molecule has 1 unspecified atom stereocenters. The number of fused-ring (bicyclic) bond motifs is 1. The van der Waals surface area contributed by atoms with Gasteiger partial charge in [-0.1, -0.05) is 74.9 Å². The van der Waals surface area contributed by atoms with Gasteiger partial charge in [0, 0.05) is 17.2 Å². The predicted octanol–water partition coefficient (Wildman–Crippen LogP) is 6.48. The minimum Gasteiger partial charge on any atom is -0.352 e. The lowest BCUT2D eigenvalue weighted by atomic mass is 9.82. The van der Waals surface area contributed by atoms with E-state index in [1.165, 1.54) is 38.5 Å². The predicted molar refractivity (Wildman–Crippen MR) is 136 cm³/mol. The molecule has 2 aliphatic rings. The number of carbonyl (C=O) groups excluding carboxylic acids is 2. The molecule has 34 heavy (non-hydrogen) atoms. The van der Waals surface area contributed by atoms with Crippen LogP contribution in [0.5, 0.6) is 0 Å². The maximum atomic E-state index is 14.0. The van der Waals surface area contributed by atoms with E-state index in [1.807, 2.05) is 42.5 Å². The molecule has 1 aromatic heterocycles. The van der Waals surface area contributed by atoms with Crippen molar-refractivity contribution in [3.05, 3.63) is 54.1 Å². The first-order valence-electron chi connectivity index (χ1n) is 13.0. The second-order valence-electron chi connectivity index (χ2n) is 10.1. The van der Waals surface area contributed by atoms with Crippen LogP contribution in [-0.2, 0) is 4.79 Å². The standard InChI is InChI=1S/C29H35N3O2/c1-20(33)21-16-18-23(19-17-21)28-31-25-14-8-9-15-26(25)32(28)27(22-10-4-2-5-11-22)29(34)30-24-12-6-3-7-13-24/h8-9,14-19,22,24,27H,2-7,10-13H2,1H3,(H,30,34). The van der Waals surface area contributed by atoms with Gasteiger partial charge in [-0.15, -0.1) is 0 Å². The van der Waals surface area contributed by atoms with Crippen LogP contribution >= 0.6 is 0 Å². The number of nitrogens with zero attached hydrogens (tertiary/aromatic N) is 2. The van der Waals surface area contributed by atoms with Crippen molar-refractivity contribution < 1.29 is 9.59 Å². The topological polar surface area (TPSA) is 64.0 Å². The number of aromatic nitrogens is 2. The fourth-order valence-electron chi connectivity index (χ4n) is 5.91. The Morgan fingerprint density at radius 1 is 0.882 bits per heavy atom. The van der Waals surface area contributed by atoms with Gasteiger partial charge in [0.05, 0.1) is 11.0 Å². The molecule has 178 valence electrons. The number of imidazole rings is 1. The first kappa shape index (κ1) is 22.8. The van der Waals surface area contributed by atoms with Crippen LogP contribution in [0.3, 0.4) is 0 Å². The van der Waals surface area contributed by atoms with Gasteiger partial charge in [0.25, 0.3) is 0 Å². The summed E-state index contributed by atoms with van der Waals surface area (Å²) in [7, 11) is 0. The third-order valence-electron chi connectivity index (χ3n) is 7.74. The summed E-state index contributed by atoms with van der Waals surface area (Å²) in [5, 5.41) is 3.44. The molecule has 1 N–H and O–H groups in total. The van der Waals surface area contributed by atoms with Crippen molar-refractivity contribution in [2.75, 3.05) is 0 Å². The lowest BCUT2D eigenvalue weighted by Crippen LogP contribution is -2.43. The maximum absolute atomic E-state index is 14.0. The second kappa shape index (κ2) is 10.1. The van der Waals surface area contributed by atoms with Crippen molar-refractivity contribution in [1.82, 2.24) is 14.9 Å². The van der Waals surface area contributed by atoms with Crippen molar-refractivity contribution in [2.24, 2.45) is 5.92 Å². The third-order valence-corrected chi connectivity index (χ3v) is 7.74.